The van der Waals surface area contributed by atoms with Gasteiger partial charge in [0.1, 0.15) is 6.61 Å². The van der Waals surface area contributed by atoms with Gasteiger partial charge in [-0.1, -0.05) is 6.92 Å². The molecular formula is C15H25F3N2O2. The van der Waals surface area contributed by atoms with E-state index < -0.39 is 12.8 Å². The summed E-state index contributed by atoms with van der Waals surface area (Å²) in [6.07, 6.45) is 0.311. The Kier molecular flexibility index (Phi) is 6.09. The molecule has 22 heavy (non-hydrogen) atoms. The number of nitrogens with zero attached hydrogens (tertiary/aromatic N) is 2. The number of amides is 1. The SMILES string of the molecule is CCC(=O)N1CCC[C@H]1[C@H]1CCCN1CCOCC(F)(F)F. The molecule has 0 bridgehead atoms. The molecule has 128 valence electrons. The Hall–Kier alpha value is -0.820. The number of halogens is 3. The lowest BCUT2D eigenvalue weighted by Crippen LogP contribution is -2.48. The predicted molar refractivity (Wildman–Crippen MR) is 76.5 cm³/mol. The van der Waals surface area contributed by atoms with Gasteiger partial charge in [-0.25, -0.2) is 0 Å². The number of likely N-dealkylation sites (tertiary alicyclic amines) is 2. The van der Waals surface area contributed by atoms with Gasteiger partial charge < -0.3 is 9.64 Å². The Morgan fingerprint density at radius 3 is 2.55 bits per heavy atom. The molecule has 0 aromatic carbocycles. The second kappa shape index (κ2) is 7.64. The van der Waals surface area contributed by atoms with E-state index in [0.717, 1.165) is 38.8 Å². The number of rotatable bonds is 6. The molecule has 2 heterocycles. The summed E-state index contributed by atoms with van der Waals surface area (Å²) in [6.45, 7) is 2.97. The summed E-state index contributed by atoms with van der Waals surface area (Å²) in [5.74, 6) is 0.183. The highest BCUT2D eigenvalue weighted by molar-refractivity contribution is 5.76. The normalized spacial score (nSPS) is 26.8. The Morgan fingerprint density at radius 2 is 1.86 bits per heavy atom. The minimum Gasteiger partial charge on any atom is -0.371 e. The zero-order valence-corrected chi connectivity index (χ0v) is 13.1. The first-order chi connectivity index (χ1) is 10.4. The van der Waals surface area contributed by atoms with E-state index in [9.17, 15) is 18.0 Å². The van der Waals surface area contributed by atoms with Crippen molar-refractivity contribution in [1.82, 2.24) is 9.80 Å². The molecule has 4 nitrogen and oxygen atoms in total. The van der Waals surface area contributed by atoms with Crippen LogP contribution in [0, 0.1) is 0 Å². The molecule has 0 aromatic heterocycles. The van der Waals surface area contributed by atoms with E-state index in [1.807, 2.05) is 11.8 Å². The first-order valence-corrected chi connectivity index (χ1v) is 8.10. The third-order valence-corrected chi connectivity index (χ3v) is 4.57. The Labute approximate surface area is 129 Å². The van der Waals surface area contributed by atoms with Gasteiger partial charge in [0.05, 0.1) is 6.61 Å². The van der Waals surface area contributed by atoms with Crippen LogP contribution in [0.3, 0.4) is 0 Å². The van der Waals surface area contributed by atoms with Crippen molar-refractivity contribution in [3.8, 4) is 0 Å². The molecule has 1 amide bonds. The molecule has 2 fully saturated rings. The molecule has 7 heteroatoms. The monoisotopic (exact) mass is 322 g/mol. The minimum atomic E-state index is -4.26. The van der Waals surface area contributed by atoms with Crippen LogP contribution in [-0.2, 0) is 9.53 Å². The van der Waals surface area contributed by atoms with Crippen LogP contribution in [0.2, 0.25) is 0 Å². The van der Waals surface area contributed by atoms with Gasteiger partial charge in [-0.05, 0) is 32.2 Å². The van der Waals surface area contributed by atoms with Gasteiger partial charge in [0.25, 0.3) is 0 Å². The summed E-state index contributed by atoms with van der Waals surface area (Å²) >= 11 is 0. The molecular weight excluding hydrogens is 297 g/mol. The fraction of sp³-hybridized carbons (Fsp3) is 0.933. The second-order valence-corrected chi connectivity index (χ2v) is 6.06. The number of carbonyl (C=O) groups is 1. The molecule has 0 aliphatic carbocycles. The lowest BCUT2D eigenvalue weighted by atomic mass is 10.0. The first kappa shape index (κ1) is 17.5. The Bertz CT molecular complexity index is 376. The summed E-state index contributed by atoms with van der Waals surface area (Å²) in [6, 6.07) is 0.491. The van der Waals surface area contributed by atoms with Gasteiger partial charge in [-0.3, -0.25) is 9.69 Å². The van der Waals surface area contributed by atoms with Gasteiger partial charge in [-0.2, -0.15) is 13.2 Å². The zero-order chi connectivity index (χ0) is 16.2. The highest BCUT2D eigenvalue weighted by Gasteiger charge is 2.39. The number of carbonyl (C=O) groups excluding carboxylic acids is 1. The van der Waals surface area contributed by atoms with Crippen LogP contribution in [0.5, 0.6) is 0 Å². The van der Waals surface area contributed by atoms with Crippen LogP contribution >= 0.6 is 0 Å². The van der Waals surface area contributed by atoms with Crippen LogP contribution in [0.15, 0.2) is 0 Å². The molecule has 0 aromatic rings. The van der Waals surface area contributed by atoms with Crippen molar-refractivity contribution in [2.75, 3.05) is 32.8 Å². The van der Waals surface area contributed by atoms with Crippen LogP contribution in [0.25, 0.3) is 0 Å². The van der Waals surface area contributed by atoms with E-state index >= 15 is 0 Å². The quantitative estimate of drug-likeness (QED) is 0.704. The number of alkyl halides is 3. The topological polar surface area (TPSA) is 32.8 Å². The second-order valence-electron chi connectivity index (χ2n) is 6.06. The van der Waals surface area contributed by atoms with Gasteiger partial charge in [-0.15, -0.1) is 0 Å². The maximum absolute atomic E-state index is 12.1. The van der Waals surface area contributed by atoms with Crippen molar-refractivity contribution in [2.45, 2.75) is 57.3 Å². The smallest absolute Gasteiger partial charge is 0.371 e. The van der Waals surface area contributed by atoms with Crippen LogP contribution in [0.1, 0.15) is 39.0 Å². The third kappa shape index (κ3) is 4.59. The first-order valence-electron chi connectivity index (χ1n) is 8.10. The Balaban J connectivity index is 1.83. The third-order valence-electron chi connectivity index (χ3n) is 4.57. The standard InChI is InChI=1S/C15H25F3N2O2/c1-2-14(21)20-8-4-6-13(20)12-5-3-7-19(12)9-10-22-11-15(16,17)18/h12-13H,2-11H2,1H3/t12-,13+/m1/s1. The van der Waals surface area contributed by atoms with Crippen molar-refractivity contribution >= 4 is 5.91 Å². The molecule has 2 saturated heterocycles. The summed E-state index contributed by atoms with van der Waals surface area (Å²) in [7, 11) is 0. The van der Waals surface area contributed by atoms with Gasteiger partial charge in [0, 0.05) is 31.6 Å². The number of hydrogen-bond acceptors (Lipinski definition) is 3. The van der Waals surface area contributed by atoms with Crippen molar-refractivity contribution in [1.29, 1.82) is 0 Å². The minimum absolute atomic E-state index is 0.0878. The maximum atomic E-state index is 12.1. The molecule has 2 aliphatic rings. The van der Waals surface area contributed by atoms with E-state index in [2.05, 4.69) is 4.90 Å². The molecule has 2 aliphatic heterocycles. The van der Waals surface area contributed by atoms with Gasteiger partial charge in [0.15, 0.2) is 0 Å². The summed E-state index contributed by atoms with van der Waals surface area (Å²) in [5, 5.41) is 0. The molecule has 2 atom stereocenters. The van der Waals surface area contributed by atoms with Crippen molar-refractivity contribution in [3.05, 3.63) is 0 Å². The number of hydrogen-bond donors (Lipinski definition) is 0. The van der Waals surface area contributed by atoms with Crippen molar-refractivity contribution in [2.24, 2.45) is 0 Å². The molecule has 0 saturated carbocycles. The molecule has 0 radical (unpaired) electrons. The predicted octanol–water partition coefficient (Wildman–Crippen LogP) is 2.43. The highest BCUT2D eigenvalue weighted by Crippen LogP contribution is 2.30. The zero-order valence-electron chi connectivity index (χ0n) is 13.1. The largest absolute Gasteiger partial charge is 0.411 e. The fourth-order valence-corrected chi connectivity index (χ4v) is 3.64. The highest BCUT2D eigenvalue weighted by atomic mass is 19.4. The van der Waals surface area contributed by atoms with Crippen molar-refractivity contribution < 1.29 is 22.7 Å². The average molecular weight is 322 g/mol. The lowest BCUT2D eigenvalue weighted by Gasteiger charge is -2.35. The van der Waals surface area contributed by atoms with Crippen LogP contribution in [-0.4, -0.2) is 66.8 Å². The average Bonchev–Trinajstić information content (AvgIpc) is 3.09. The summed E-state index contributed by atoms with van der Waals surface area (Å²) in [4.78, 5) is 16.2. The Morgan fingerprint density at radius 1 is 1.18 bits per heavy atom. The number of ether oxygens (including phenoxy) is 1. The van der Waals surface area contributed by atoms with Gasteiger partial charge in [0.2, 0.25) is 5.91 Å². The van der Waals surface area contributed by atoms with E-state index in [0.29, 0.717) is 13.0 Å². The summed E-state index contributed by atoms with van der Waals surface area (Å²) < 4.78 is 40.9. The maximum Gasteiger partial charge on any atom is 0.411 e. The van der Waals surface area contributed by atoms with Crippen LogP contribution in [0.4, 0.5) is 13.2 Å². The lowest BCUT2D eigenvalue weighted by molar-refractivity contribution is -0.174. The fourth-order valence-electron chi connectivity index (χ4n) is 3.64. The summed E-state index contributed by atoms with van der Waals surface area (Å²) in [5.41, 5.74) is 0. The van der Waals surface area contributed by atoms with Crippen molar-refractivity contribution in [3.63, 3.8) is 0 Å². The van der Waals surface area contributed by atoms with E-state index in [4.69, 9.17) is 4.74 Å². The van der Waals surface area contributed by atoms with Crippen LogP contribution < -0.4 is 0 Å². The molecule has 0 spiro atoms. The van der Waals surface area contributed by atoms with E-state index in [1.54, 1.807) is 0 Å². The molecule has 0 N–H and O–H groups in total. The molecule has 2 rings (SSSR count). The van der Waals surface area contributed by atoms with E-state index in [1.165, 1.54) is 0 Å². The van der Waals surface area contributed by atoms with Gasteiger partial charge >= 0.3 is 6.18 Å². The van der Waals surface area contributed by atoms with E-state index in [-0.39, 0.29) is 24.6 Å². The molecule has 0 unspecified atom stereocenters.